The van der Waals surface area contributed by atoms with Crippen LogP contribution in [0.1, 0.15) is 18.1 Å². The molecule has 0 unspecified atom stereocenters. The highest BCUT2D eigenvalue weighted by Gasteiger charge is 2.16. The van der Waals surface area contributed by atoms with Gasteiger partial charge in [0, 0.05) is 10.6 Å². The van der Waals surface area contributed by atoms with E-state index in [0.717, 1.165) is 0 Å². The topological polar surface area (TPSA) is 89.0 Å². The lowest BCUT2D eigenvalue weighted by Gasteiger charge is -2.15. The summed E-state index contributed by atoms with van der Waals surface area (Å²) in [7, 11) is 0. The van der Waals surface area contributed by atoms with E-state index in [1.165, 1.54) is 30.5 Å². The van der Waals surface area contributed by atoms with Gasteiger partial charge in [-0.1, -0.05) is 40.9 Å². The van der Waals surface area contributed by atoms with Gasteiger partial charge in [0.1, 0.15) is 12.4 Å². The molecule has 0 saturated heterocycles. The van der Waals surface area contributed by atoms with Gasteiger partial charge in [-0.3, -0.25) is 9.59 Å². The number of halogens is 5. The first-order valence-corrected chi connectivity index (χ1v) is 12.2. The van der Waals surface area contributed by atoms with Crippen LogP contribution in [0.3, 0.4) is 0 Å². The highest BCUT2D eigenvalue weighted by molar-refractivity contribution is 9.10. The van der Waals surface area contributed by atoms with E-state index in [-0.39, 0.29) is 27.9 Å². The van der Waals surface area contributed by atoms with Crippen molar-refractivity contribution in [2.24, 2.45) is 5.10 Å². The van der Waals surface area contributed by atoms with Crippen molar-refractivity contribution in [2.45, 2.75) is 13.5 Å². The summed E-state index contributed by atoms with van der Waals surface area (Å²) < 4.78 is 26.0. The zero-order valence-corrected chi connectivity index (χ0v) is 22.4. The first kappa shape index (κ1) is 27.7. The molecule has 0 aliphatic rings. The molecule has 7 nitrogen and oxygen atoms in total. The van der Waals surface area contributed by atoms with E-state index < -0.39 is 17.6 Å². The molecule has 0 saturated carbocycles. The van der Waals surface area contributed by atoms with Crippen molar-refractivity contribution in [2.75, 3.05) is 11.9 Å². The molecule has 2 amide bonds. The van der Waals surface area contributed by atoms with Crippen molar-refractivity contribution in [3.8, 4) is 11.5 Å². The highest BCUT2D eigenvalue weighted by atomic mass is 79.9. The Kier molecular flexibility index (Phi) is 9.95. The van der Waals surface area contributed by atoms with Crippen molar-refractivity contribution in [1.82, 2.24) is 5.43 Å². The number of hydrazone groups is 1. The van der Waals surface area contributed by atoms with Gasteiger partial charge >= 0.3 is 11.8 Å². The molecule has 36 heavy (non-hydrogen) atoms. The van der Waals surface area contributed by atoms with E-state index in [1.807, 2.05) is 0 Å². The average Bonchev–Trinajstić information content (AvgIpc) is 2.82. The van der Waals surface area contributed by atoms with E-state index in [2.05, 4.69) is 31.8 Å². The summed E-state index contributed by atoms with van der Waals surface area (Å²) in [5.74, 6) is -1.82. The number of anilines is 1. The summed E-state index contributed by atoms with van der Waals surface area (Å²) in [5.41, 5.74) is 3.04. The normalized spacial score (nSPS) is 10.8. The molecule has 0 radical (unpaired) electrons. The Bertz CT molecular complexity index is 1300. The van der Waals surface area contributed by atoms with Crippen LogP contribution in [-0.2, 0) is 16.2 Å². The molecule has 0 aromatic heterocycles. The number of hydrogen-bond acceptors (Lipinski definition) is 5. The van der Waals surface area contributed by atoms with E-state index in [0.29, 0.717) is 33.2 Å². The predicted molar refractivity (Wildman–Crippen MR) is 142 cm³/mol. The maximum atomic E-state index is 14.1. The van der Waals surface area contributed by atoms with Crippen LogP contribution in [0, 0.1) is 5.82 Å². The molecule has 188 valence electrons. The minimum Gasteiger partial charge on any atom is -0.490 e. The lowest BCUT2D eigenvalue weighted by Crippen LogP contribution is -2.32. The van der Waals surface area contributed by atoms with Crippen molar-refractivity contribution in [1.29, 1.82) is 0 Å². The molecule has 0 aliphatic carbocycles. The summed E-state index contributed by atoms with van der Waals surface area (Å²) in [4.78, 5) is 24.2. The third-order valence-corrected chi connectivity index (χ3v) is 6.02. The lowest BCUT2D eigenvalue weighted by molar-refractivity contribution is -0.136. The SMILES string of the molecule is CCOc1cc(/C=N/NC(=O)C(=O)Nc2cc(Cl)ccc2Cl)cc(Br)c1OCc1c(F)cccc1Cl. The Hall–Kier alpha value is -2.85. The Balaban J connectivity index is 1.69. The Morgan fingerprint density at radius 3 is 2.56 bits per heavy atom. The van der Waals surface area contributed by atoms with Crippen LogP contribution in [-0.4, -0.2) is 24.6 Å². The first-order valence-electron chi connectivity index (χ1n) is 10.3. The standard InChI is InChI=1S/C24H18BrCl3FN3O4/c1-2-35-21-9-13(8-16(25)22(21)36-12-15-17(27)4-3-5-19(15)29)11-30-32-24(34)23(33)31-20-10-14(26)6-7-18(20)28/h3-11H,2,12H2,1H3,(H,31,33)(H,32,34)/b30-11+. The fourth-order valence-electron chi connectivity index (χ4n) is 2.87. The van der Waals surface area contributed by atoms with Gasteiger partial charge in [-0.05, 0) is 70.9 Å². The van der Waals surface area contributed by atoms with Gasteiger partial charge in [-0.2, -0.15) is 5.10 Å². The molecule has 0 spiro atoms. The van der Waals surface area contributed by atoms with Gasteiger partial charge in [-0.25, -0.2) is 9.82 Å². The Morgan fingerprint density at radius 1 is 1.06 bits per heavy atom. The zero-order chi connectivity index (χ0) is 26.2. The number of nitrogens with zero attached hydrogens (tertiary/aromatic N) is 1. The van der Waals surface area contributed by atoms with Gasteiger partial charge < -0.3 is 14.8 Å². The number of nitrogens with one attached hydrogen (secondary N) is 2. The van der Waals surface area contributed by atoms with Gasteiger partial charge in [0.15, 0.2) is 11.5 Å². The zero-order valence-electron chi connectivity index (χ0n) is 18.6. The molecule has 0 aliphatic heterocycles. The van der Waals surface area contributed by atoms with Gasteiger partial charge in [-0.15, -0.1) is 0 Å². The monoisotopic (exact) mass is 615 g/mol. The van der Waals surface area contributed by atoms with E-state index in [4.69, 9.17) is 44.3 Å². The summed E-state index contributed by atoms with van der Waals surface area (Å²) in [6.45, 7) is 1.99. The second-order valence-corrected chi connectivity index (χ2v) is 9.13. The summed E-state index contributed by atoms with van der Waals surface area (Å²) in [6, 6.07) is 12.1. The largest absolute Gasteiger partial charge is 0.490 e. The highest BCUT2D eigenvalue weighted by Crippen LogP contribution is 2.37. The summed E-state index contributed by atoms with van der Waals surface area (Å²) in [6.07, 6.45) is 1.31. The van der Waals surface area contributed by atoms with E-state index in [9.17, 15) is 14.0 Å². The smallest absolute Gasteiger partial charge is 0.329 e. The van der Waals surface area contributed by atoms with Crippen molar-refractivity contribution in [3.05, 3.63) is 85.0 Å². The third kappa shape index (κ3) is 7.33. The Morgan fingerprint density at radius 2 is 1.83 bits per heavy atom. The Labute approximate surface area is 229 Å². The van der Waals surface area contributed by atoms with Crippen LogP contribution in [0.25, 0.3) is 0 Å². The van der Waals surface area contributed by atoms with Gasteiger partial charge in [0.2, 0.25) is 0 Å². The quantitative estimate of drug-likeness (QED) is 0.169. The van der Waals surface area contributed by atoms with Crippen LogP contribution < -0.4 is 20.2 Å². The molecular weight excluding hydrogens is 600 g/mol. The van der Waals surface area contributed by atoms with Crippen molar-refractivity contribution < 1.29 is 23.5 Å². The second-order valence-electron chi connectivity index (χ2n) is 7.03. The molecule has 3 aromatic rings. The second kappa shape index (κ2) is 12.9. The maximum absolute atomic E-state index is 14.1. The van der Waals surface area contributed by atoms with Crippen LogP contribution in [0.4, 0.5) is 10.1 Å². The average molecular weight is 618 g/mol. The van der Waals surface area contributed by atoms with Crippen molar-refractivity contribution >= 4 is 74.4 Å². The van der Waals surface area contributed by atoms with Crippen molar-refractivity contribution in [3.63, 3.8) is 0 Å². The first-order chi connectivity index (χ1) is 17.2. The molecule has 3 aromatic carbocycles. The molecule has 0 heterocycles. The molecule has 3 rings (SSSR count). The molecular formula is C24H18BrCl3FN3O4. The fraction of sp³-hybridized carbons (Fsp3) is 0.125. The minimum atomic E-state index is -1.02. The molecule has 12 heteroatoms. The third-order valence-electron chi connectivity index (χ3n) is 4.52. The lowest BCUT2D eigenvalue weighted by atomic mass is 10.2. The predicted octanol–water partition coefficient (Wildman–Crippen LogP) is 6.61. The summed E-state index contributed by atoms with van der Waals surface area (Å²) >= 11 is 21.3. The van der Waals surface area contributed by atoms with Gasteiger partial charge in [0.05, 0.1) is 33.0 Å². The number of benzene rings is 3. The van der Waals surface area contributed by atoms with E-state index in [1.54, 1.807) is 31.2 Å². The van der Waals surface area contributed by atoms with Gasteiger partial charge in [0.25, 0.3) is 0 Å². The summed E-state index contributed by atoms with van der Waals surface area (Å²) in [5, 5.41) is 6.96. The number of ether oxygens (including phenoxy) is 2. The van der Waals surface area contributed by atoms with Crippen LogP contribution in [0.15, 0.2) is 58.1 Å². The number of amides is 2. The van der Waals surface area contributed by atoms with Crippen LogP contribution in [0.2, 0.25) is 15.1 Å². The van der Waals surface area contributed by atoms with Crippen LogP contribution >= 0.6 is 50.7 Å². The van der Waals surface area contributed by atoms with Crippen LogP contribution in [0.5, 0.6) is 11.5 Å². The number of hydrogen-bond donors (Lipinski definition) is 2. The number of rotatable bonds is 8. The molecule has 0 atom stereocenters. The minimum absolute atomic E-state index is 0.126. The number of carbonyl (C=O) groups is 2. The molecule has 0 fully saturated rings. The maximum Gasteiger partial charge on any atom is 0.329 e. The number of carbonyl (C=O) groups excluding carboxylic acids is 2. The fourth-order valence-corrected chi connectivity index (χ4v) is 4.00. The molecule has 0 bridgehead atoms. The molecule has 2 N–H and O–H groups in total. The van der Waals surface area contributed by atoms with E-state index >= 15 is 0 Å².